The Morgan fingerprint density at radius 2 is 1.67 bits per heavy atom. The molecular weight excluding hydrogens is 485 g/mol. The summed E-state index contributed by atoms with van der Waals surface area (Å²) in [6, 6.07) is 18.5. The average molecular weight is 499 g/mol. The highest BCUT2D eigenvalue weighted by Gasteiger charge is 2.26. The van der Waals surface area contributed by atoms with E-state index in [4.69, 9.17) is 44.3 Å². The molecule has 0 aliphatic carbocycles. The molecule has 164 valence electrons. The number of aliphatic imine (C=N–C) groups is 1. The molecule has 3 aromatic carbocycles. The quantitative estimate of drug-likeness (QED) is 0.225. The van der Waals surface area contributed by atoms with Crippen molar-refractivity contribution in [2.75, 3.05) is 0 Å². The van der Waals surface area contributed by atoms with Crippen LogP contribution in [0, 0.1) is 0 Å². The number of esters is 2. The van der Waals surface area contributed by atoms with Gasteiger partial charge in [-0.25, -0.2) is 14.6 Å². The predicted molar refractivity (Wildman–Crippen MR) is 130 cm³/mol. The molecule has 5 nitrogen and oxygen atoms in total. The van der Waals surface area contributed by atoms with Gasteiger partial charge in [0.2, 0.25) is 5.90 Å². The van der Waals surface area contributed by atoms with Gasteiger partial charge in [-0.15, -0.1) is 0 Å². The Balaban J connectivity index is 1.55. The zero-order valence-electron chi connectivity index (χ0n) is 16.8. The molecular formula is C25H14Cl3NO4. The van der Waals surface area contributed by atoms with E-state index in [2.05, 4.69) is 4.99 Å². The lowest BCUT2D eigenvalue weighted by Crippen LogP contribution is -2.06. The van der Waals surface area contributed by atoms with Crippen molar-refractivity contribution in [1.29, 1.82) is 0 Å². The van der Waals surface area contributed by atoms with Crippen molar-refractivity contribution in [1.82, 2.24) is 0 Å². The summed E-state index contributed by atoms with van der Waals surface area (Å²) in [5.41, 5.74) is 1.74. The van der Waals surface area contributed by atoms with E-state index in [0.717, 1.165) is 5.56 Å². The van der Waals surface area contributed by atoms with Gasteiger partial charge in [-0.1, -0.05) is 65.1 Å². The molecule has 33 heavy (non-hydrogen) atoms. The third-order valence-electron chi connectivity index (χ3n) is 4.49. The Labute approximate surface area is 204 Å². The summed E-state index contributed by atoms with van der Waals surface area (Å²) in [7, 11) is 0. The number of carbonyl (C=O) groups is 2. The summed E-state index contributed by atoms with van der Waals surface area (Å²) >= 11 is 18.0. The van der Waals surface area contributed by atoms with Gasteiger partial charge in [-0.05, 0) is 54.1 Å². The molecule has 0 aromatic heterocycles. The molecule has 0 N–H and O–H groups in total. The van der Waals surface area contributed by atoms with Gasteiger partial charge in [0, 0.05) is 21.7 Å². The van der Waals surface area contributed by atoms with Crippen LogP contribution in [-0.4, -0.2) is 17.8 Å². The Bertz CT molecular complexity index is 1330. The molecule has 0 spiro atoms. The molecule has 1 heterocycles. The van der Waals surface area contributed by atoms with Crippen molar-refractivity contribution < 1.29 is 19.1 Å². The van der Waals surface area contributed by atoms with E-state index in [1.54, 1.807) is 66.7 Å². The molecule has 0 saturated heterocycles. The number of para-hydroxylation sites is 1. The fraction of sp³-hybridized carbons (Fsp3) is 0. The number of halogens is 3. The first-order chi connectivity index (χ1) is 15.9. The molecule has 0 bridgehead atoms. The molecule has 8 heteroatoms. The lowest BCUT2D eigenvalue weighted by atomic mass is 10.1. The van der Waals surface area contributed by atoms with Gasteiger partial charge in [-0.2, -0.15) is 0 Å². The van der Waals surface area contributed by atoms with Crippen molar-refractivity contribution in [2.45, 2.75) is 0 Å². The number of rotatable bonds is 5. The third-order valence-corrected chi connectivity index (χ3v) is 5.29. The summed E-state index contributed by atoms with van der Waals surface area (Å²) < 4.78 is 10.7. The Morgan fingerprint density at radius 1 is 0.939 bits per heavy atom. The smallest absolute Gasteiger partial charge is 0.363 e. The van der Waals surface area contributed by atoms with Crippen LogP contribution in [0.1, 0.15) is 16.7 Å². The molecule has 4 rings (SSSR count). The Morgan fingerprint density at radius 3 is 2.42 bits per heavy atom. The summed E-state index contributed by atoms with van der Waals surface area (Å²) in [6.45, 7) is 0. The maximum absolute atomic E-state index is 12.4. The number of hydrogen-bond acceptors (Lipinski definition) is 5. The first-order valence-corrected chi connectivity index (χ1v) is 10.7. The molecule has 0 unspecified atom stereocenters. The topological polar surface area (TPSA) is 65.0 Å². The minimum atomic E-state index is -0.653. The van der Waals surface area contributed by atoms with E-state index in [1.165, 1.54) is 18.2 Å². The summed E-state index contributed by atoms with van der Waals surface area (Å²) in [6.07, 6.45) is 4.39. The van der Waals surface area contributed by atoms with Crippen LogP contribution in [0.4, 0.5) is 0 Å². The number of benzene rings is 3. The largest absolute Gasteiger partial charge is 0.423 e. The number of ether oxygens (including phenoxy) is 2. The van der Waals surface area contributed by atoms with E-state index < -0.39 is 11.9 Å². The van der Waals surface area contributed by atoms with E-state index >= 15 is 0 Å². The first-order valence-electron chi connectivity index (χ1n) is 9.61. The van der Waals surface area contributed by atoms with Crippen LogP contribution in [0.15, 0.2) is 83.5 Å². The standard InChI is InChI=1S/C25H14Cl3NO4/c26-17-8-5-15(6-9-17)7-12-23(30)32-22-4-2-1-3-16(22)13-21-25(31)33-24(29-21)19-11-10-18(27)14-20(19)28/h1-14H/b12-7+,21-13-. The fourth-order valence-electron chi connectivity index (χ4n) is 2.91. The minimum absolute atomic E-state index is 0.0382. The minimum Gasteiger partial charge on any atom is -0.423 e. The molecule has 1 aliphatic rings. The SMILES string of the molecule is O=C(/C=C/c1ccc(Cl)cc1)Oc1ccccc1/C=C1\N=C(c2ccc(Cl)cc2Cl)OC1=O. The second-order valence-electron chi connectivity index (χ2n) is 6.80. The highest BCUT2D eigenvalue weighted by molar-refractivity contribution is 6.37. The normalized spacial score (nSPS) is 14.5. The lowest BCUT2D eigenvalue weighted by molar-refractivity contribution is -0.130. The summed E-state index contributed by atoms with van der Waals surface area (Å²) in [4.78, 5) is 28.9. The van der Waals surface area contributed by atoms with Crippen LogP contribution in [0.2, 0.25) is 15.1 Å². The van der Waals surface area contributed by atoms with E-state index in [9.17, 15) is 9.59 Å². The summed E-state index contributed by atoms with van der Waals surface area (Å²) in [5, 5.41) is 1.36. The predicted octanol–water partition coefficient (Wildman–Crippen LogP) is 6.61. The number of cyclic esters (lactones) is 1. The van der Waals surface area contributed by atoms with Gasteiger partial charge in [0.1, 0.15) is 5.75 Å². The molecule has 0 atom stereocenters. The monoisotopic (exact) mass is 497 g/mol. The number of nitrogens with zero attached hydrogens (tertiary/aromatic N) is 1. The van der Waals surface area contributed by atoms with E-state index in [-0.39, 0.29) is 17.3 Å². The van der Waals surface area contributed by atoms with E-state index in [1.807, 2.05) is 0 Å². The molecule has 0 saturated carbocycles. The fourth-order valence-corrected chi connectivity index (χ4v) is 3.52. The third kappa shape index (κ3) is 5.71. The molecule has 0 amide bonds. The molecule has 0 radical (unpaired) electrons. The lowest BCUT2D eigenvalue weighted by Gasteiger charge is -2.05. The van der Waals surface area contributed by atoms with Gasteiger partial charge in [-0.3, -0.25) is 0 Å². The Kier molecular flexibility index (Phi) is 6.94. The van der Waals surface area contributed by atoms with Gasteiger partial charge in [0.25, 0.3) is 0 Å². The van der Waals surface area contributed by atoms with Crippen LogP contribution in [0.25, 0.3) is 12.2 Å². The number of hydrogen-bond donors (Lipinski definition) is 0. The maximum Gasteiger partial charge on any atom is 0.363 e. The molecule has 3 aromatic rings. The first kappa shape index (κ1) is 22.8. The van der Waals surface area contributed by atoms with Crippen LogP contribution >= 0.6 is 34.8 Å². The van der Waals surface area contributed by atoms with Crippen LogP contribution in [-0.2, 0) is 14.3 Å². The van der Waals surface area contributed by atoms with Crippen molar-refractivity contribution >= 4 is 64.8 Å². The molecule has 1 aliphatic heterocycles. The van der Waals surface area contributed by atoms with Gasteiger partial charge >= 0.3 is 11.9 Å². The molecule has 0 fully saturated rings. The van der Waals surface area contributed by atoms with Crippen molar-refractivity contribution in [2.24, 2.45) is 4.99 Å². The highest BCUT2D eigenvalue weighted by Crippen LogP contribution is 2.28. The van der Waals surface area contributed by atoms with Gasteiger partial charge < -0.3 is 9.47 Å². The van der Waals surface area contributed by atoms with Crippen LogP contribution in [0.3, 0.4) is 0 Å². The van der Waals surface area contributed by atoms with Crippen molar-refractivity contribution in [3.05, 3.63) is 110 Å². The zero-order chi connectivity index (χ0) is 23.4. The van der Waals surface area contributed by atoms with Crippen molar-refractivity contribution in [3.8, 4) is 5.75 Å². The van der Waals surface area contributed by atoms with Crippen LogP contribution < -0.4 is 4.74 Å². The summed E-state index contributed by atoms with van der Waals surface area (Å²) in [5.74, 6) is -0.910. The maximum atomic E-state index is 12.4. The zero-order valence-corrected chi connectivity index (χ0v) is 19.1. The second kappa shape index (κ2) is 10.0. The highest BCUT2D eigenvalue weighted by atomic mass is 35.5. The second-order valence-corrected chi connectivity index (χ2v) is 8.08. The average Bonchev–Trinajstić information content (AvgIpc) is 3.14. The number of carbonyl (C=O) groups excluding carboxylic acids is 2. The Hall–Kier alpha value is -3.38. The van der Waals surface area contributed by atoms with Crippen molar-refractivity contribution in [3.63, 3.8) is 0 Å². The van der Waals surface area contributed by atoms with E-state index in [0.29, 0.717) is 26.2 Å². The van der Waals surface area contributed by atoms with Crippen LogP contribution in [0.5, 0.6) is 5.75 Å². The van der Waals surface area contributed by atoms with Gasteiger partial charge in [0.15, 0.2) is 5.70 Å². The van der Waals surface area contributed by atoms with Gasteiger partial charge in [0.05, 0.1) is 10.6 Å².